The summed E-state index contributed by atoms with van der Waals surface area (Å²) >= 11 is 0. The third-order valence-corrected chi connectivity index (χ3v) is 2.94. The van der Waals surface area contributed by atoms with Crippen molar-refractivity contribution < 1.29 is 4.92 Å². The number of rotatable bonds is 5. The van der Waals surface area contributed by atoms with Crippen molar-refractivity contribution in [3.8, 4) is 0 Å². The van der Waals surface area contributed by atoms with Gasteiger partial charge in [-0.05, 0) is 12.5 Å². The van der Waals surface area contributed by atoms with Crippen LogP contribution in [0.1, 0.15) is 18.5 Å². The Hall–Kier alpha value is -2.63. The summed E-state index contributed by atoms with van der Waals surface area (Å²) in [6.45, 7) is 1.98. The maximum Gasteiger partial charge on any atom is 0.276 e. The number of nitrogens with one attached hydrogen (secondary N) is 2. The van der Waals surface area contributed by atoms with E-state index < -0.39 is 4.92 Å². The van der Waals surface area contributed by atoms with Crippen LogP contribution in [0, 0.1) is 10.1 Å². The number of pyridine rings is 1. The maximum atomic E-state index is 10.9. The highest BCUT2D eigenvalue weighted by molar-refractivity contribution is 5.55. The Kier molecular flexibility index (Phi) is 4.14. The lowest BCUT2D eigenvalue weighted by molar-refractivity contribution is -0.384. The van der Waals surface area contributed by atoms with Gasteiger partial charge in [-0.25, -0.2) is 4.98 Å². The zero-order chi connectivity index (χ0) is 14.5. The number of aromatic nitrogens is 1. The van der Waals surface area contributed by atoms with Crippen LogP contribution in [0.25, 0.3) is 0 Å². The minimum absolute atomic E-state index is 0.00658. The second-order valence-electron chi connectivity index (χ2n) is 4.38. The second kappa shape index (κ2) is 6.01. The molecule has 0 aliphatic rings. The smallest absolute Gasteiger partial charge is 0.276 e. The molecule has 0 spiro atoms. The Bertz CT molecular complexity index is 601. The van der Waals surface area contributed by atoms with Crippen LogP contribution in [-0.4, -0.2) is 17.0 Å². The zero-order valence-corrected chi connectivity index (χ0v) is 11.3. The summed E-state index contributed by atoms with van der Waals surface area (Å²) in [5.41, 5.74) is 1.10. The molecular weight excluding hydrogens is 256 g/mol. The van der Waals surface area contributed by atoms with E-state index in [0.29, 0.717) is 11.6 Å². The van der Waals surface area contributed by atoms with Gasteiger partial charge >= 0.3 is 0 Å². The molecule has 1 aromatic heterocycles. The van der Waals surface area contributed by atoms with Gasteiger partial charge in [-0.15, -0.1) is 0 Å². The van der Waals surface area contributed by atoms with E-state index >= 15 is 0 Å². The van der Waals surface area contributed by atoms with Gasteiger partial charge in [-0.3, -0.25) is 10.1 Å². The van der Waals surface area contributed by atoms with Gasteiger partial charge in [0.05, 0.1) is 17.1 Å². The lowest BCUT2D eigenvalue weighted by Gasteiger charge is -2.15. The molecule has 1 heterocycles. The maximum absolute atomic E-state index is 10.9. The van der Waals surface area contributed by atoms with Crippen molar-refractivity contribution in [1.29, 1.82) is 0 Å². The fourth-order valence-corrected chi connectivity index (χ4v) is 1.87. The van der Waals surface area contributed by atoms with E-state index in [2.05, 4.69) is 15.6 Å². The molecule has 1 unspecified atom stereocenters. The van der Waals surface area contributed by atoms with Gasteiger partial charge in [-0.2, -0.15) is 0 Å². The number of benzene rings is 1. The molecular formula is C14H16N4O2. The van der Waals surface area contributed by atoms with Crippen LogP contribution >= 0.6 is 0 Å². The van der Waals surface area contributed by atoms with Gasteiger partial charge in [0.2, 0.25) is 0 Å². The summed E-state index contributed by atoms with van der Waals surface area (Å²) in [5, 5.41) is 16.9. The van der Waals surface area contributed by atoms with Crippen LogP contribution in [0.15, 0.2) is 42.5 Å². The Morgan fingerprint density at radius 1 is 1.20 bits per heavy atom. The fourth-order valence-electron chi connectivity index (χ4n) is 1.87. The van der Waals surface area contributed by atoms with Crippen LogP contribution in [0.3, 0.4) is 0 Å². The number of hydrogen-bond acceptors (Lipinski definition) is 5. The predicted molar refractivity (Wildman–Crippen MR) is 78.9 cm³/mol. The lowest BCUT2D eigenvalue weighted by atomic mass is 10.1. The molecule has 0 bridgehead atoms. The van der Waals surface area contributed by atoms with Gasteiger partial charge in [0.15, 0.2) is 0 Å². The molecule has 2 rings (SSSR count). The van der Waals surface area contributed by atoms with Gasteiger partial charge < -0.3 is 10.6 Å². The van der Waals surface area contributed by atoms with Crippen molar-refractivity contribution >= 4 is 17.3 Å². The Labute approximate surface area is 117 Å². The number of anilines is 2. The van der Waals surface area contributed by atoms with Crippen molar-refractivity contribution in [2.75, 3.05) is 17.7 Å². The third kappa shape index (κ3) is 3.23. The highest BCUT2D eigenvalue weighted by Crippen LogP contribution is 2.23. The first-order valence-electron chi connectivity index (χ1n) is 6.26. The summed E-state index contributed by atoms with van der Waals surface area (Å²) in [7, 11) is 1.68. The first-order chi connectivity index (χ1) is 9.60. The first kappa shape index (κ1) is 13.8. The van der Waals surface area contributed by atoms with Crippen molar-refractivity contribution in [2.45, 2.75) is 13.0 Å². The largest absolute Gasteiger partial charge is 0.373 e. The van der Waals surface area contributed by atoms with Crippen LogP contribution < -0.4 is 10.6 Å². The number of nitro groups is 1. The van der Waals surface area contributed by atoms with Crippen molar-refractivity contribution in [3.63, 3.8) is 0 Å². The molecule has 0 fully saturated rings. The van der Waals surface area contributed by atoms with Crippen molar-refractivity contribution in [2.24, 2.45) is 0 Å². The van der Waals surface area contributed by atoms with E-state index in [0.717, 1.165) is 5.56 Å². The van der Waals surface area contributed by atoms with Gasteiger partial charge in [0, 0.05) is 13.1 Å². The summed E-state index contributed by atoms with van der Waals surface area (Å²) in [6.07, 6.45) is 0. The quantitative estimate of drug-likeness (QED) is 0.645. The monoisotopic (exact) mass is 272 g/mol. The SMILES string of the molecule is CNc1cc([N+](=O)[O-])cc(NC(C)c2ccccc2)n1. The van der Waals surface area contributed by atoms with E-state index in [1.807, 2.05) is 37.3 Å². The molecule has 0 radical (unpaired) electrons. The van der Waals surface area contributed by atoms with Gasteiger partial charge in [-0.1, -0.05) is 30.3 Å². The van der Waals surface area contributed by atoms with E-state index in [1.54, 1.807) is 7.05 Å². The number of hydrogen-bond donors (Lipinski definition) is 2. The molecule has 2 aromatic rings. The van der Waals surface area contributed by atoms with Gasteiger partial charge in [0.25, 0.3) is 5.69 Å². The summed E-state index contributed by atoms with van der Waals surface area (Å²) in [5.74, 6) is 0.932. The van der Waals surface area contributed by atoms with E-state index in [4.69, 9.17) is 0 Å². The highest BCUT2D eigenvalue weighted by atomic mass is 16.6. The summed E-state index contributed by atoms with van der Waals surface area (Å²) < 4.78 is 0. The Balaban J connectivity index is 2.24. The first-order valence-corrected chi connectivity index (χ1v) is 6.26. The van der Waals surface area contributed by atoms with E-state index in [-0.39, 0.29) is 11.7 Å². The second-order valence-corrected chi connectivity index (χ2v) is 4.38. The Morgan fingerprint density at radius 2 is 1.85 bits per heavy atom. The highest BCUT2D eigenvalue weighted by Gasteiger charge is 2.12. The van der Waals surface area contributed by atoms with Gasteiger partial charge in [0.1, 0.15) is 11.6 Å². The topological polar surface area (TPSA) is 80.1 Å². The molecule has 0 aliphatic carbocycles. The van der Waals surface area contributed by atoms with Crippen LogP contribution in [0.4, 0.5) is 17.3 Å². The standard InChI is InChI=1S/C14H16N4O2/c1-10(11-6-4-3-5-7-11)16-14-9-12(18(19)20)8-13(15-2)17-14/h3-10H,1-2H3,(H2,15,16,17). The molecule has 6 nitrogen and oxygen atoms in total. The molecule has 1 atom stereocenters. The Morgan fingerprint density at radius 3 is 2.45 bits per heavy atom. The van der Waals surface area contributed by atoms with E-state index in [9.17, 15) is 10.1 Å². The summed E-state index contributed by atoms with van der Waals surface area (Å²) in [4.78, 5) is 14.7. The molecule has 2 N–H and O–H groups in total. The fraction of sp³-hybridized carbons (Fsp3) is 0.214. The molecule has 0 saturated heterocycles. The average molecular weight is 272 g/mol. The molecule has 0 saturated carbocycles. The van der Waals surface area contributed by atoms with Crippen LogP contribution in [0.5, 0.6) is 0 Å². The van der Waals surface area contributed by atoms with Crippen molar-refractivity contribution in [1.82, 2.24) is 4.98 Å². The van der Waals surface area contributed by atoms with Crippen LogP contribution in [0.2, 0.25) is 0 Å². The normalized spacial score (nSPS) is 11.7. The number of nitrogens with zero attached hydrogens (tertiary/aromatic N) is 2. The predicted octanol–water partition coefficient (Wildman–Crippen LogP) is 3.20. The third-order valence-electron chi connectivity index (χ3n) is 2.94. The van der Waals surface area contributed by atoms with Crippen molar-refractivity contribution in [3.05, 3.63) is 58.1 Å². The molecule has 6 heteroatoms. The molecule has 20 heavy (non-hydrogen) atoms. The summed E-state index contributed by atoms with van der Waals surface area (Å²) in [6, 6.07) is 12.7. The molecule has 0 aliphatic heterocycles. The average Bonchev–Trinajstić information content (AvgIpc) is 2.47. The van der Waals surface area contributed by atoms with Crippen LogP contribution in [-0.2, 0) is 0 Å². The van der Waals surface area contributed by atoms with E-state index in [1.165, 1.54) is 12.1 Å². The molecule has 0 amide bonds. The zero-order valence-electron chi connectivity index (χ0n) is 11.3. The molecule has 104 valence electrons. The molecule has 1 aromatic carbocycles. The minimum Gasteiger partial charge on any atom is -0.373 e. The minimum atomic E-state index is -0.430. The lowest BCUT2D eigenvalue weighted by Crippen LogP contribution is -2.09.